The first-order valence-corrected chi connectivity index (χ1v) is 10.2. The molecule has 0 radical (unpaired) electrons. The van der Waals surface area contributed by atoms with Crippen LogP contribution in [0.5, 0.6) is 0 Å². The molecule has 0 saturated carbocycles. The van der Waals surface area contributed by atoms with Gasteiger partial charge in [0.05, 0.1) is 6.54 Å². The Hall–Kier alpha value is -2.55. The lowest BCUT2D eigenvalue weighted by atomic mass is 10.1. The second-order valence-electron chi connectivity index (χ2n) is 8.89. The molecular formula is C21H34N4O4S. The van der Waals surface area contributed by atoms with Gasteiger partial charge < -0.3 is 25.4 Å². The number of nitrogens with one attached hydrogen (secondary N) is 1. The molecule has 0 aromatic heterocycles. The van der Waals surface area contributed by atoms with Crippen molar-refractivity contribution in [2.75, 3.05) is 23.8 Å². The highest BCUT2D eigenvalue weighted by Gasteiger charge is 2.32. The molecule has 0 aliphatic heterocycles. The normalized spacial score (nSPS) is 11.5. The fraction of sp³-hybridized carbons (Fsp3) is 0.571. The van der Waals surface area contributed by atoms with E-state index in [9.17, 15) is 9.59 Å². The summed E-state index contributed by atoms with van der Waals surface area (Å²) < 4.78 is 10.9. The number of imide groups is 1. The summed E-state index contributed by atoms with van der Waals surface area (Å²) in [5.74, 6) is 0. The minimum atomic E-state index is -0.783. The first-order chi connectivity index (χ1) is 13.6. The SMILES string of the molecule is CCN(C)c1ccc(NC(N)=S)cc1CN(C(=O)OC(C)(C)C)C(=O)OC(C)(C)C. The topological polar surface area (TPSA) is 97.1 Å². The summed E-state index contributed by atoms with van der Waals surface area (Å²) >= 11 is 4.92. The van der Waals surface area contributed by atoms with Crippen molar-refractivity contribution in [3.8, 4) is 0 Å². The van der Waals surface area contributed by atoms with Gasteiger partial charge in [-0.1, -0.05) is 0 Å². The highest BCUT2D eigenvalue weighted by molar-refractivity contribution is 7.80. The summed E-state index contributed by atoms with van der Waals surface area (Å²) in [6.07, 6.45) is -1.57. The van der Waals surface area contributed by atoms with Gasteiger partial charge in [0.15, 0.2) is 5.11 Å². The van der Waals surface area contributed by atoms with E-state index < -0.39 is 23.4 Å². The summed E-state index contributed by atoms with van der Waals surface area (Å²) in [6, 6.07) is 5.50. The van der Waals surface area contributed by atoms with Crippen LogP contribution in [0.1, 0.15) is 54.0 Å². The minimum absolute atomic E-state index is 0.0453. The van der Waals surface area contributed by atoms with Gasteiger partial charge in [-0.25, -0.2) is 14.5 Å². The largest absolute Gasteiger partial charge is 0.443 e. The first-order valence-electron chi connectivity index (χ1n) is 9.77. The highest BCUT2D eigenvalue weighted by atomic mass is 32.1. The molecule has 0 atom stereocenters. The molecule has 9 heteroatoms. The third kappa shape index (κ3) is 8.44. The van der Waals surface area contributed by atoms with Crippen molar-refractivity contribution in [1.82, 2.24) is 4.90 Å². The molecule has 30 heavy (non-hydrogen) atoms. The van der Waals surface area contributed by atoms with Gasteiger partial charge in [0.1, 0.15) is 11.2 Å². The van der Waals surface area contributed by atoms with E-state index in [4.69, 9.17) is 27.4 Å². The lowest BCUT2D eigenvalue weighted by molar-refractivity contribution is -0.000216. The standard InChI is InChI=1S/C21H34N4O4S/c1-9-24(8)16-11-10-15(23-17(22)30)12-14(16)13-25(18(26)28-20(2,3)4)19(27)29-21(5,6)7/h10-12H,9,13H2,1-8H3,(H3,22,23,30). The second-order valence-corrected chi connectivity index (χ2v) is 9.33. The maximum absolute atomic E-state index is 12.8. The van der Waals surface area contributed by atoms with Crippen molar-refractivity contribution < 1.29 is 19.1 Å². The van der Waals surface area contributed by atoms with Crippen LogP contribution in [-0.4, -0.2) is 47.0 Å². The van der Waals surface area contributed by atoms with E-state index in [0.717, 1.165) is 17.1 Å². The van der Waals surface area contributed by atoms with E-state index in [1.807, 2.05) is 31.0 Å². The molecule has 1 aromatic rings. The number of thiocarbonyl (C=S) groups is 1. The fourth-order valence-electron chi connectivity index (χ4n) is 2.48. The Kier molecular flexibility index (Phi) is 8.47. The Labute approximate surface area is 184 Å². The minimum Gasteiger partial charge on any atom is -0.443 e. The molecule has 8 nitrogen and oxygen atoms in total. The van der Waals surface area contributed by atoms with Crippen LogP contribution >= 0.6 is 12.2 Å². The number of nitrogens with zero attached hydrogens (tertiary/aromatic N) is 2. The molecule has 1 aromatic carbocycles. The van der Waals surface area contributed by atoms with E-state index in [1.54, 1.807) is 47.6 Å². The molecule has 3 N–H and O–H groups in total. The molecule has 0 aliphatic carbocycles. The monoisotopic (exact) mass is 438 g/mol. The number of carbonyl (C=O) groups is 2. The number of hydrogen-bond donors (Lipinski definition) is 2. The maximum atomic E-state index is 12.8. The molecule has 2 amide bonds. The van der Waals surface area contributed by atoms with Crippen molar-refractivity contribution in [3.05, 3.63) is 23.8 Å². The van der Waals surface area contributed by atoms with Crippen LogP contribution in [0, 0.1) is 0 Å². The van der Waals surface area contributed by atoms with Crippen LogP contribution in [0.4, 0.5) is 21.0 Å². The summed E-state index contributed by atoms with van der Waals surface area (Å²) in [7, 11) is 1.92. The van der Waals surface area contributed by atoms with E-state index in [2.05, 4.69) is 5.32 Å². The van der Waals surface area contributed by atoms with Crippen molar-refractivity contribution in [2.45, 2.75) is 66.2 Å². The van der Waals surface area contributed by atoms with E-state index in [0.29, 0.717) is 11.3 Å². The third-order valence-corrected chi connectivity index (χ3v) is 3.89. The van der Waals surface area contributed by atoms with Crippen molar-refractivity contribution in [1.29, 1.82) is 0 Å². The smallest absolute Gasteiger partial charge is 0.420 e. The van der Waals surface area contributed by atoms with Gasteiger partial charge in [-0.2, -0.15) is 0 Å². The van der Waals surface area contributed by atoms with Crippen LogP contribution in [0.2, 0.25) is 0 Å². The van der Waals surface area contributed by atoms with Gasteiger partial charge in [0.25, 0.3) is 0 Å². The zero-order valence-corrected chi connectivity index (χ0v) is 20.0. The Morgan fingerprint density at radius 1 is 1.07 bits per heavy atom. The Balaban J connectivity index is 3.38. The van der Waals surface area contributed by atoms with Gasteiger partial charge in [0.2, 0.25) is 0 Å². The molecule has 0 unspecified atom stereocenters. The van der Waals surface area contributed by atoms with Crippen LogP contribution in [-0.2, 0) is 16.0 Å². The molecule has 1 rings (SSSR count). The van der Waals surface area contributed by atoms with E-state index in [1.165, 1.54) is 0 Å². The second kappa shape index (κ2) is 9.97. The van der Waals surface area contributed by atoms with Gasteiger partial charge in [0, 0.05) is 25.0 Å². The Morgan fingerprint density at radius 3 is 1.97 bits per heavy atom. The number of benzene rings is 1. The molecule has 0 bridgehead atoms. The lowest BCUT2D eigenvalue weighted by Gasteiger charge is -2.30. The van der Waals surface area contributed by atoms with E-state index in [-0.39, 0.29) is 11.7 Å². The van der Waals surface area contributed by atoms with Crippen LogP contribution < -0.4 is 16.0 Å². The van der Waals surface area contributed by atoms with Crippen molar-refractivity contribution in [3.63, 3.8) is 0 Å². The van der Waals surface area contributed by atoms with Gasteiger partial charge in [-0.05, 0) is 84.4 Å². The molecule has 0 heterocycles. The molecular weight excluding hydrogens is 404 g/mol. The lowest BCUT2D eigenvalue weighted by Crippen LogP contribution is -2.43. The predicted octanol–water partition coefficient (Wildman–Crippen LogP) is 4.47. The fourth-order valence-corrected chi connectivity index (χ4v) is 2.60. The Bertz CT molecular complexity index is 756. The zero-order valence-electron chi connectivity index (χ0n) is 19.2. The average molecular weight is 439 g/mol. The highest BCUT2D eigenvalue weighted by Crippen LogP contribution is 2.27. The van der Waals surface area contributed by atoms with Gasteiger partial charge >= 0.3 is 12.2 Å². The van der Waals surface area contributed by atoms with E-state index >= 15 is 0 Å². The number of amides is 2. The molecule has 0 saturated heterocycles. The summed E-state index contributed by atoms with van der Waals surface area (Å²) in [5, 5.41) is 3.00. The summed E-state index contributed by atoms with van der Waals surface area (Å²) in [4.78, 5) is 28.6. The van der Waals surface area contributed by atoms with Crippen LogP contribution in [0.3, 0.4) is 0 Å². The van der Waals surface area contributed by atoms with Crippen LogP contribution in [0.25, 0.3) is 0 Å². The van der Waals surface area contributed by atoms with Gasteiger partial charge in [-0.15, -0.1) is 0 Å². The Morgan fingerprint density at radius 2 is 1.57 bits per heavy atom. The molecule has 168 valence electrons. The van der Waals surface area contributed by atoms with Crippen molar-refractivity contribution >= 4 is 40.9 Å². The molecule has 0 spiro atoms. The molecule has 0 fully saturated rings. The number of ether oxygens (including phenoxy) is 2. The van der Waals surface area contributed by atoms with Crippen molar-refractivity contribution in [2.24, 2.45) is 5.73 Å². The maximum Gasteiger partial charge on any atom is 0.420 e. The number of carbonyl (C=O) groups excluding carboxylic acids is 2. The van der Waals surface area contributed by atoms with Crippen LogP contribution in [0.15, 0.2) is 18.2 Å². The number of anilines is 2. The number of hydrogen-bond acceptors (Lipinski definition) is 6. The summed E-state index contributed by atoms with van der Waals surface area (Å²) in [6.45, 7) is 13.1. The number of rotatable bonds is 5. The predicted molar refractivity (Wildman–Crippen MR) is 124 cm³/mol. The van der Waals surface area contributed by atoms with Gasteiger partial charge in [-0.3, -0.25) is 0 Å². The zero-order chi connectivity index (χ0) is 23.3. The summed E-state index contributed by atoms with van der Waals surface area (Å²) in [5.41, 5.74) is 6.26. The molecule has 0 aliphatic rings. The number of nitrogens with two attached hydrogens (primary N) is 1. The first kappa shape index (κ1) is 25.5. The third-order valence-electron chi connectivity index (χ3n) is 3.79. The average Bonchev–Trinajstić information content (AvgIpc) is 2.55. The quantitative estimate of drug-likeness (QED) is 0.650.